The molecule has 1 aliphatic carbocycles. The van der Waals surface area contributed by atoms with E-state index in [4.69, 9.17) is 0 Å². The Bertz CT molecular complexity index is 521. The Labute approximate surface area is 136 Å². The molecule has 0 aromatic carbocycles. The summed E-state index contributed by atoms with van der Waals surface area (Å²) in [4.78, 5) is 26.2. The zero-order chi connectivity index (χ0) is 13.3. The van der Waals surface area contributed by atoms with E-state index < -0.39 is 10.3 Å². The second-order valence-electron chi connectivity index (χ2n) is 4.47. The fraction of sp³-hybridized carbons (Fsp3) is 0.417. The summed E-state index contributed by atoms with van der Waals surface area (Å²) in [6.45, 7) is 3.81. The minimum atomic E-state index is -0.667. The van der Waals surface area contributed by atoms with Crippen molar-refractivity contribution >= 4 is 11.6 Å². The summed E-state index contributed by atoms with van der Waals surface area (Å²) in [6.07, 6.45) is 2.52. The van der Waals surface area contributed by atoms with Crippen LogP contribution in [0.25, 0.3) is 5.32 Å². The van der Waals surface area contributed by atoms with E-state index in [9.17, 15) is 14.9 Å². The van der Waals surface area contributed by atoms with Crippen molar-refractivity contribution in [3.63, 3.8) is 0 Å². The van der Waals surface area contributed by atoms with Gasteiger partial charge in [-0.05, 0) is 23.8 Å². The Morgan fingerprint density at radius 1 is 1.63 bits per heavy atom. The van der Waals surface area contributed by atoms with Gasteiger partial charge in [-0.3, -0.25) is 15.1 Å². The summed E-state index contributed by atoms with van der Waals surface area (Å²) in [5, 5.41) is 14.4. The molecule has 1 aromatic heterocycles. The topological polar surface area (TPSA) is 87.2 Å². The maximum absolute atomic E-state index is 11.9. The van der Waals surface area contributed by atoms with Crippen LogP contribution in [-0.4, -0.2) is 22.9 Å². The third kappa shape index (κ3) is 2.84. The molecular weight excluding hydrogens is 323 g/mol. The molecule has 1 amide bonds. The minimum absolute atomic E-state index is 0. The first-order chi connectivity index (χ1) is 8.52. The molecule has 1 unspecified atom stereocenters. The molecule has 0 spiro atoms. The standard InChI is InChI=1S/C12H14N3O3.Y/c1-3-12(11(16)13-2)5-8-4-9(15(17)18)7-14-10(8)6-12;/h4,7H,1,3,5-6H2,2H3,(H,13,16);/q-1;/p-1. The monoisotopic (exact) mass is 336 g/mol. The van der Waals surface area contributed by atoms with Crippen LogP contribution in [-0.2, 0) is 50.3 Å². The number of pyridine rings is 1. The first-order valence-electron chi connectivity index (χ1n) is 5.58. The predicted octanol–water partition coefficient (Wildman–Crippen LogP) is 1.83. The summed E-state index contributed by atoms with van der Waals surface area (Å²) in [6, 6.07) is 1.49. The summed E-state index contributed by atoms with van der Waals surface area (Å²) >= 11 is 0. The number of nitro groups is 1. The normalized spacial score (nSPS) is 20.3. The molecule has 0 saturated carbocycles. The maximum atomic E-state index is 11.9. The van der Waals surface area contributed by atoms with Gasteiger partial charge in [0, 0.05) is 44.5 Å². The van der Waals surface area contributed by atoms with E-state index in [0.717, 1.165) is 11.3 Å². The maximum Gasteiger partial charge on any atom is 0.287 e. The number of rotatable bonds is 3. The molecule has 1 radical (unpaired) electrons. The zero-order valence-corrected chi connectivity index (χ0v) is 13.5. The smallest absolute Gasteiger partial charge is 0.287 e. The summed E-state index contributed by atoms with van der Waals surface area (Å²) < 4.78 is 0. The van der Waals surface area contributed by atoms with Crippen LogP contribution in [0.1, 0.15) is 17.7 Å². The number of nitrogens with zero attached hydrogens (tertiary/aromatic N) is 3. The second-order valence-corrected chi connectivity index (χ2v) is 4.47. The molecule has 0 saturated heterocycles. The molecule has 99 valence electrons. The van der Waals surface area contributed by atoms with E-state index in [0.29, 0.717) is 19.3 Å². The van der Waals surface area contributed by atoms with Crippen LogP contribution < -0.4 is 0 Å². The quantitative estimate of drug-likeness (QED) is 0.479. The van der Waals surface area contributed by atoms with Gasteiger partial charge >= 0.3 is 0 Å². The van der Waals surface area contributed by atoms with Crippen LogP contribution in [0, 0.1) is 22.5 Å². The largest absolute Gasteiger partial charge is 0.656 e. The molecule has 1 atom stereocenters. The molecule has 6 nitrogen and oxygen atoms in total. The van der Waals surface area contributed by atoms with Crippen molar-refractivity contribution in [1.29, 1.82) is 0 Å². The molecular formula is C12H13N3O3Y-2. The Morgan fingerprint density at radius 3 is 2.84 bits per heavy atom. The van der Waals surface area contributed by atoms with Crippen LogP contribution >= 0.6 is 0 Å². The average molecular weight is 336 g/mol. The van der Waals surface area contributed by atoms with Crippen LogP contribution in [0.5, 0.6) is 0 Å². The third-order valence-electron chi connectivity index (χ3n) is 3.43. The summed E-state index contributed by atoms with van der Waals surface area (Å²) in [5.74, 6) is -0.210. The van der Waals surface area contributed by atoms with Crippen molar-refractivity contribution in [3.05, 3.63) is 45.9 Å². The van der Waals surface area contributed by atoms with Crippen LogP contribution in [0.3, 0.4) is 0 Å². The Morgan fingerprint density at radius 2 is 2.32 bits per heavy atom. The molecule has 0 fully saturated rings. The average Bonchev–Trinajstić information content (AvgIpc) is 2.76. The first-order valence-corrected chi connectivity index (χ1v) is 5.58. The van der Waals surface area contributed by atoms with Gasteiger partial charge in [-0.25, -0.2) is 0 Å². The van der Waals surface area contributed by atoms with Gasteiger partial charge in [0.15, 0.2) is 0 Å². The van der Waals surface area contributed by atoms with E-state index in [1.54, 1.807) is 0 Å². The molecule has 0 bridgehead atoms. The molecule has 0 aliphatic heterocycles. The Kier molecular flexibility index (Phi) is 5.15. The predicted molar refractivity (Wildman–Crippen MR) is 65.0 cm³/mol. The van der Waals surface area contributed by atoms with Crippen molar-refractivity contribution in [1.82, 2.24) is 4.98 Å². The number of carbonyl (C=O) groups is 1. The fourth-order valence-corrected chi connectivity index (χ4v) is 2.36. The van der Waals surface area contributed by atoms with Gasteiger partial charge < -0.3 is 17.0 Å². The number of hydrogen-bond acceptors (Lipinski definition) is 4. The van der Waals surface area contributed by atoms with Gasteiger partial charge in [0.25, 0.3) is 5.69 Å². The van der Waals surface area contributed by atoms with Crippen molar-refractivity contribution < 1.29 is 42.4 Å². The molecule has 2 rings (SSSR count). The van der Waals surface area contributed by atoms with Crippen molar-refractivity contribution in [3.8, 4) is 0 Å². The fourth-order valence-electron chi connectivity index (χ4n) is 2.36. The van der Waals surface area contributed by atoms with Crippen LogP contribution in [0.4, 0.5) is 5.69 Å². The molecule has 7 heteroatoms. The van der Waals surface area contributed by atoms with Gasteiger partial charge in [-0.1, -0.05) is 0 Å². The van der Waals surface area contributed by atoms with Gasteiger partial charge in [-0.15, -0.1) is 7.05 Å². The van der Waals surface area contributed by atoms with E-state index in [2.05, 4.69) is 17.2 Å². The van der Waals surface area contributed by atoms with Crippen LogP contribution in [0.15, 0.2) is 12.3 Å². The molecule has 1 heterocycles. The van der Waals surface area contributed by atoms with Gasteiger partial charge in [0.05, 0.1) is 10.8 Å². The van der Waals surface area contributed by atoms with E-state index >= 15 is 0 Å². The van der Waals surface area contributed by atoms with Crippen molar-refractivity contribution in [2.75, 3.05) is 7.05 Å². The van der Waals surface area contributed by atoms with E-state index in [1.807, 2.05) is 0 Å². The number of hydrogen-bond donors (Lipinski definition) is 0. The molecule has 1 aliphatic rings. The Balaban J connectivity index is 0.00000180. The summed E-state index contributed by atoms with van der Waals surface area (Å²) in [5.41, 5.74) is 0.778. The number of carbonyl (C=O) groups excluding carboxylic acids is 1. The number of fused-ring (bicyclic) bond motifs is 1. The Hall–Kier alpha value is -0.876. The number of amides is 1. The van der Waals surface area contributed by atoms with E-state index in [-0.39, 0.29) is 44.3 Å². The van der Waals surface area contributed by atoms with Gasteiger partial charge in [-0.2, -0.15) is 6.42 Å². The van der Waals surface area contributed by atoms with E-state index in [1.165, 1.54) is 19.3 Å². The first kappa shape index (κ1) is 16.2. The second kappa shape index (κ2) is 6.05. The SMILES string of the molecule is [CH2-]CC1(C(=O)[N-]C)Cc2cc([N+](=O)[O-])cnc2C1.[Y]. The van der Waals surface area contributed by atoms with Gasteiger partial charge in [0.1, 0.15) is 6.20 Å². The van der Waals surface area contributed by atoms with Crippen molar-refractivity contribution in [2.45, 2.75) is 19.3 Å². The zero-order valence-electron chi connectivity index (χ0n) is 10.6. The third-order valence-corrected chi connectivity index (χ3v) is 3.43. The number of aromatic nitrogens is 1. The molecule has 19 heavy (non-hydrogen) atoms. The molecule has 0 N–H and O–H groups in total. The minimum Gasteiger partial charge on any atom is -0.656 e. The van der Waals surface area contributed by atoms with Crippen LogP contribution in [0.2, 0.25) is 0 Å². The van der Waals surface area contributed by atoms with Crippen molar-refractivity contribution in [2.24, 2.45) is 5.41 Å². The van der Waals surface area contributed by atoms with Gasteiger partial charge in [0.2, 0.25) is 0 Å². The summed E-state index contributed by atoms with van der Waals surface area (Å²) in [7, 11) is 1.46. The molecule has 1 aromatic rings.